The summed E-state index contributed by atoms with van der Waals surface area (Å²) in [6.07, 6.45) is 5.27. The summed E-state index contributed by atoms with van der Waals surface area (Å²) in [4.78, 5) is 12.8. The summed E-state index contributed by atoms with van der Waals surface area (Å²) < 4.78 is 27.7. The SMILES string of the molecule is O=C(CC1CC2(CCN(S(=O)(=O)c3ccccc3)CC2)c2ccccc21)NC1CC1. The molecule has 6 heteroatoms. The first-order chi connectivity index (χ1) is 14.5. The molecule has 2 aromatic rings. The fraction of sp³-hybridized carbons (Fsp3) is 0.458. The van der Waals surface area contributed by atoms with Gasteiger partial charge in [0.25, 0.3) is 0 Å². The van der Waals surface area contributed by atoms with Crippen molar-refractivity contribution in [2.45, 2.75) is 60.8 Å². The molecule has 1 saturated heterocycles. The second-order valence-electron chi connectivity index (χ2n) is 9.03. The highest BCUT2D eigenvalue weighted by Gasteiger charge is 2.47. The normalized spacial score (nSPS) is 23.3. The van der Waals surface area contributed by atoms with Gasteiger partial charge in [0, 0.05) is 25.6 Å². The monoisotopic (exact) mass is 424 g/mol. The third-order valence-corrected chi connectivity index (χ3v) is 8.96. The molecule has 1 amide bonds. The van der Waals surface area contributed by atoms with E-state index in [0.29, 0.717) is 30.4 Å². The number of rotatable bonds is 5. The summed E-state index contributed by atoms with van der Waals surface area (Å²) in [6, 6.07) is 17.6. The maximum Gasteiger partial charge on any atom is 0.243 e. The molecule has 0 radical (unpaired) electrons. The van der Waals surface area contributed by atoms with E-state index in [1.165, 1.54) is 11.1 Å². The minimum absolute atomic E-state index is 0.0240. The van der Waals surface area contributed by atoms with Crippen molar-refractivity contribution in [3.05, 3.63) is 65.7 Å². The molecular formula is C24H28N2O3S. The summed E-state index contributed by atoms with van der Waals surface area (Å²) in [7, 11) is -3.46. The maximum atomic E-state index is 13.0. The molecule has 1 heterocycles. The van der Waals surface area contributed by atoms with E-state index in [1.54, 1.807) is 28.6 Å². The van der Waals surface area contributed by atoms with Crippen molar-refractivity contribution in [1.82, 2.24) is 9.62 Å². The standard InChI is InChI=1S/C24H28N2O3S/c27-23(25-19-10-11-19)16-18-17-24(22-9-5-4-8-21(18)22)12-14-26(15-13-24)30(28,29)20-6-2-1-3-7-20/h1-9,18-19H,10-17H2,(H,25,27). The minimum atomic E-state index is -3.46. The molecule has 5 rings (SSSR count). The van der Waals surface area contributed by atoms with Crippen LogP contribution < -0.4 is 5.32 Å². The molecule has 30 heavy (non-hydrogen) atoms. The predicted octanol–water partition coefficient (Wildman–Crippen LogP) is 3.57. The number of hydrogen-bond donors (Lipinski definition) is 1. The Balaban J connectivity index is 1.34. The summed E-state index contributed by atoms with van der Waals surface area (Å²) in [5.74, 6) is 0.371. The molecule has 2 fully saturated rings. The Labute approximate surface area is 178 Å². The molecular weight excluding hydrogens is 396 g/mol. The van der Waals surface area contributed by atoms with E-state index in [9.17, 15) is 13.2 Å². The van der Waals surface area contributed by atoms with Gasteiger partial charge in [0.15, 0.2) is 0 Å². The number of sulfonamides is 1. The van der Waals surface area contributed by atoms with Crippen molar-refractivity contribution in [3.8, 4) is 0 Å². The van der Waals surface area contributed by atoms with Gasteiger partial charge in [-0.25, -0.2) is 8.42 Å². The van der Waals surface area contributed by atoms with Gasteiger partial charge in [-0.05, 0) is 66.7 Å². The first-order valence-corrected chi connectivity index (χ1v) is 12.4. The topological polar surface area (TPSA) is 66.5 Å². The van der Waals surface area contributed by atoms with Crippen LogP contribution in [0.2, 0.25) is 0 Å². The Bertz CT molecular complexity index is 1040. The van der Waals surface area contributed by atoms with Crippen LogP contribution in [0.5, 0.6) is 0 Å². The lowest BCUT2D eigenvalue weighted by molar-refractivity contribution is -0.121. The smallest absolute Gasteiger partial charge is 0.243 e. The van der Waals surface area contributed by atoms with E-state index in [2.05, 4.69) is 29.6 Å². The second-order valence-corrected chi connectivity index (χ2v) is 11.0. The summed E-state index contributed by atoms with van der Waals surface area (Å²) >= 11 is 0. The Morgan fingerprint density at radius 3 is 2.37 bits per heavy atom. The van der Waals surface area contributed by atoms with Crippen molar-refractivity contribution in [2.75, 3.05) is 13.1 Å². The lowest BCUT2D eigenvalue weighted by Crippen LogP contribution is -2.44. The second kappa shape index (κ2) is 7.50. The van der Waals surface area contributed by atoms with Gasteiger partial charge < -0.3 is 5.32 Å². The van der Waals surface area contributed by atoms with Gasteiger partial charge in [-0.3, -0.25) is 4.79 Å². The van der Waals surface area contributed by atoms with Crippen molar-refractivity contribution < 1.29 is 13.2 Å². The Morgan fingerprint density at radius 1 is 1.00 bits per heavy atom. The first kappa shape index (κ1) is 19.8. The summed E-state index contributed by atoms with van der Waals surface area (Å²) in [5, 5.41) is 3.12. The molecule has 1 spiro atoms. The third kappa shape index (κ3) is 3.56. The molecule has 1 atom stereocenters. The van der Waals surface area contributed by atoms with Gasteiger partial charge in [-0.1, -0.05) is 42.5 Å². The summed E-state index contributed by atoms with van der Waals surface area (Å²) in [5.41, 5.74) is 2.58. The van der Waals surface area contributed by atoms with Crippen LogP contribution >= 0.6 is 0 Å². The van der Waals surface area contributed by atoms with E-state index >= 15 is 0 Å². The molecule has 2 aliphatic carbocycles. The summed E-state index contributed by atoms with van der Waals surface area (Å²) in [6.45, 7) is 1.04. The number of hydrogen-bond acceptors (Lipinski definition) is 3. The molecule has 5 nitrogen and oxygen atoms in total. The van der Waals surface area contributed by atoms with Crippen LogP contribution in [0.4, 0.5) is 0 Å². The van der Waals surface area contributed by atoms with Gasteiger partial charge >= 0.3 is 0 Å². The van der Waals surface area contributed by atoms with Crippen LogP contribution in [-0.2, 0) is 20.2 Å². The molecule has 1 unspecified atom stereocenters. The fourth-order valence-corrected chi connectivity index (χ4v) is 6.78. The number of fused-ring (bicyclic) bond motifs is 2. The number of nitrogens with zero attached hydrogens (tertiary/aromatic N) is 1. The van der Waals surface area contributed by atoms with Gasteiger partial charge in [0.05, 0.1) is 4.90 Å². The largest absolute Gasteiger partial charge is 0.353 e. The lowest BCUT2D eigenvalue weighted by Gasteiger charge is -2.39. The molecule has 1 N–H and O–H groups in total. The van der Waals surface area contributed by atoms with Gasteiger partial charge in [0.1, 0.15) is 0 Å². The average Bonchev–Trinajstić information content (AvgIpc) is 3.53. The zero-order chi connectivity index (χ0) is 20.8. The van der Waals surface area contributed by atoms with Crippen LogP contribution in [0.3, 0.4) is 0 Å². The molecule has 1 saturated carbocycles. The third-order valence-electron chi connectivity index (χ3n) is 7.04. The molecule has 0 bridgehead atoms. The van der Waals surface area contributed by atoms with Crippen LogP contribution in [0.25, 0.3) is 0 Å². The van der Waals surface area contributed by atoms with Crippen LogP contribution in [-0.4, -0.2) is 37.8 Å². The van der Waals surface area contributed by atoms with Crippen LogP contribution in [0, 0.1) is 0 Å². The Hall–Kier alpha value is -2.18. The average molecular weight is 425 g/mol. The van der Waals surface area contributed by atoms with E-state index in [4.69, 9.17) is 0 Å². The maximum absolute atomic E-state index is 13.0. The molecule has 158 valence electrons. The Morgan fingerprint density at radius 2 is 1.67 bits per heavy atom. The highest BCUT2D eigenvalue weighted by atomic mass is 32.2. The predicted molar refractivity (Wildman–Crippen MR) is 116 cm³/mol. The van der Waals surface area contributed by atoms with Crippen molar-refractivity contribution in [1.29, 1.82) is 0 Å². The van der Waals surface area contributed by atoms with Crippen LogP contribution in [0.1, 0.15) is 55.6 Å². The number of piperidine rings is 1. The van der Waals surface area contributed by atoms with Crippen molar-refractivity contribution in [3.63, 3.8) is 0 Å². The quantitative estimate of drug-likeness (QED) is 0.798. The molecule has 0 aromatic heterocycles. The van der Waals surface area contributed by atoms with Crippen molar-refractivity contribution >= 4 is 15.9 Å². The van der Waals surface area contributed by atoms with Crippen molar-refractivity contribution in [2.24, 2.45) is 0 Å². The van der Waals surface area contributed by atoms with Gasteiger partial charge in [0.2, 0.25) is 15.9 Å². The van der Waals surface area contributed by atoms with Gasteiger partial charge in [-0.2, -0.15) is 4.31 Å². The Kier molecular flexibility index (Phi) is 4.94. The van der Waals surface area contributed by atoms with E-state index < -0.39 is 10.0 Å². The number of carbonyl (C=O) groups excluding carboxylic acids is 1. The zero-order valence-corrected chi connectivity index (χ0v) is 17.9. The van der Waals surface area contributed by atoms with E-state index in [0.717, 1.165) is 32.1 Å². The first-order valence-electron chi connectivity index (χ1n) is 10.9. The minimum Gasteiger partial charge on any atom is -0.353 e. The molecule has 3 aliphatic rings. The highest BCUT2D eigenvalue weighted by Crippen LogP contribution is 2.53. The fourth-order valence-electron chi connectivity index (χ4n) is 5.32. The van der Waals surface area contributed by atoms with E-state index in [-0.39, 0.29) is 17.2 Å². The van der Waals surface area contributed by atoms with E-state index in [1.807, 2.05) is 6.07 Å². The van der Waals surface area contributed by atoms with Crippen LogP contribution in [0.15, 0.2) is 59.5 Å². The number of nitrogens with one attached hydrogen (secondary N) is 1. The van der Waals surface area contributed by atoms with Gasteiger partial charge in [-0.15, -0.1) is 0 Å². The molecule has 1 aliphatic heterocycles. The lowest BCUT2D eigenvalue weighted by atomic mass is 9.73. The number of carbonyl (C=O) groups is 1. The molecule has 2 aromatic carbocycles. The zero-order valence-electron chi connectivity index (χ0n) is 17.1. The highest BCUT2D eigenvalue weighted by molar-refractivity contribution is 7.89. The number of amides is 1. The number of benzene rings is 2.